The number of halogens is 1. The summed E-state index contributed by atoms with van der Waals surface area (Å²) in [7, 11) is 0. The maximum atomic E-state index is 11.8. The van der Waals surface area contributed by atoms with E-state index in [0.717, 1.165) is 11.1 Å². The van der Waals surface area contributed by atoms with Crippen LogP contribution in [0, 0.1) is 5.41 Å². The third kappa shape index (κ3) is 6.59. The number of benzene rings is 2. The molecule has 0 fully saturated rings. The third-order valence-electron chi connectivity index (χ3n) is 3.22. The quantitative estimate of drug-likeness (QED) is 0.416. The van der Waals surface area contributed by atoms with E-state index in [4.69, 9.17) is 17.0 Å². The van der Waals surface area contributed by atoms with Gasteiger partial charge in [-0.25, -0.2) is 0 Å². The molecule has 0 aliphatic rings. The fourth-order valence-corrected chi connectivity index (χ4v) is 2.12. The lowest BCUT2D eigenvalue weighted by atomic mass is 10.1. The van der Waals surface area contributed by atoms with Gasteiger partial charge >= 0.3 is 0 Å². The van der Waals surface area contributed by atoms with Gasteiger partial charge in [-0.1, -0.05) is 72.3 Å². The minimum Gasteiger partial charge on any atom is -0.301 e. The lowest BCUT2D eigenvalue weighted by molar-refractivity contribution is -0.114. The van der Waals surface area contributed by atoms with Gasteiger partial charge in [0.1, 0.15) is 0 Å². The Labute approximate surface area is 147 Å². The fourth-order valence-electron chi connectivity index (χ4n) is 1.99. The summed E-state index contributed by atoms with van der Waals surface area (Å²) in [6.45, 7) is 0. The number of hydrogen-bond acceptors (Lipinski definition) is 2. The van der Waals surface area contributed by atoms with Gasteiger partial charge in [0.25, 0.3) is 0 Å². The van der Waals surface area contributed by atoms with E-state index >= 15 is 0 Å². The molecular formula is C21H18ClNO. The Morgan fingerprint density at radius 2 is 1.58 bits per heavy atom. The Morgan fingerprint density at radius 1 is 0.917 bits per heavy atom. The average Bonchev–Trinajstić information content (AvgIpc) is 2.60. The van der Waals surface area contributed by atoms with Crippen molar-refractivity contribution >= 4 is 29.2 Å². The highest BCUT2D eigenvalue weighted by Gasteiger charge is 1.99. The van der Waals surface area contributed by atoms with Gasteiger partial charge < -0.3 is 5.41 Å². The largest absolute Gasteiger partial charge is 0.301 e. The first-order valence-electron chi connectivity index (χ1n) is 7.57. The molecule has 0 amide bonds. The Morgan fingerprint density at radius 3 is 2.29 bits per heavy atom. The highest BCUT2D eigenvalue weighted by atomic mass is 35.5. The zero-order valence-corrected chi connectivity index (χ0v) is 13.9. The van der Waals surface area contributed by atoms with Gasteiger partial charge in [0, 0.05) is 11.4 Å². The van der Waals surface area contributed by atoms with Gasteiger partial charge in [0.2, 0.25) is 0 Å². The van der Waals surface area contributed by atoms with Crippen LogP contribution in [0.1, 0.15) is 11.1 Å². The summed E-state index contributed by atoms with van der Waals surface area (Å²) in [5.74, 6) is 0.00771. The third-order valence-corrected chi connectivity index (χ3v) is 3.47. The molecule has 0 bridgehead atoms. The number of carbonyl (C=O) groups excluding carboxylic acids is 1. The smallest absolute Gasteiger partial charge is 0.160 e. The van der Waals surface area contributed by atoms with Crippen LogP contribution in [0.15, 0.2) is 85.0 Å². The van der Waals surface area contributed by atoms with Gasteiger partial charge in [-0.05, 0) is 41.5 Å². The van der Waals surface area contributed by atoms with Crippen LogP contribution < -0.4 is 0 Å². The maximum absolute atomic E-state index is 11.8. The second-order valence-electron chi connectivity index (χ2n) is 5.19. The van der Waals surface area contributed by atoms with Crippen LogP contribution in [0.4, 0.5) is 0 Å². The molecule has 2 aromatic rings. The van der Waals surface area contributed by atoms with Crippen molar-refractivity contribution in [1.29, 1.82) is 5.41 Å². The fraction of sp³-hybridized carbons (Fsp3) is 0.0476. The summed E-state index contributed by atoms with van der Waals surface area (Å²) >= 11 is 5.81. The van der Waals surface area contributed by atoms with Crippen molar-refractivity contribution in [2.75, 3.05) is 0 Å². The summed E-state index contributed by atoms with van der Waals surface area (Å²) in [4.78, 5) is 11.8. The number of nitrogens with one attached hydrogen (secondary N) is 1. The molecule has 24 heavy (non-hydrogen) atoms. The summed E-state index contributed by atoms with van der Waals surface area (Å²) in [6, 6.07) is 17.0. The lowest BCUT2D eigenvalue weighted by Gasteiger charge is -1.97. The standard InChI is InChI=1S/C21H18ClNO/c22-19-13-10-18(11-14-19)16-21(24)9-5-4-8-20(23)15-12-17-6-2-1-3-7-17/h1-15,23H,16H2/b8-4-,9-5-,15-12+,23-20?. The molecule has 0 aliphatic carbocycles. The van der Waals surface area contributed by atoms with Crippen molar-refractivity contribution in [1.82, 2.24) is 0 Å². The van der Waals surface area contributed by atoms with E-state index in [1.165, 1.54) is 6.08 Å². The maximum Gasteiger partial charge on any atom is 0.160 e. The van der Waals surface area contributed by atoms with Crippen molar-refractivity contribution in [3.8, 4) is 0 Å². The molecule has 0 heterocycles. The van der Waals surface area contributed by atoms with Crippen LogP contribution in [-0.4, -0.2) is 11.5 Å². The predicted octanol–water partition coefficient (Wildman–Crippen LogP) is 5.30. The van der Waals surface area contributed by atoms with E-state index in [0.29, 0.717) is 17.2 Å². The second-order valence-corrected chi connectivity index (χ2v) is 5.62. The Balaban J connectivity index is 1.80. The first-order chi connectivity index (χ1) is 11.6. The van der Waals surface area contributed by atoms with Crippen molar-refractivity contribution in [2.24, 2.45) is 0 Å². The molecular weight excluding hydrogens is 318 g/mol. The number of rotatable bonds is 7. The minimum absolute atomic E-state index is 0.00771. The van der Waals surface area contributed by atoms with Crippen molar-refractivity contribution in [2.45, 2.75) is 6.42 Å². The zero-order valence-electron chi connectivity index (χ0n) is 13.2. The van der Waals surface area contributed by atoms with Crippen LogP contribution in [0.5, 0.6) is 0 Å². The molecule has 0 aliphatic heterocycles. The Kier molecular flexibility index (Phi) is 6.93. The highest BCUT2D eigenvalue weighted by Crippen LogP contribution is 2.10. The monoisotopic (exact) mass is 335 g/mol. The predicted molar refractivity (Wildman–Crippen MR) is 102 cm³/mol. The summed E-state index contributed by atoms with van der Waals surface area (Å²) in [6.07, 6.45) is 10.4. The van der Waals surface area contributed by atoms with E-state index in [1.807, 2.05) is 48.5 Å². The van der Waals surface area contributed by atoms with Gasteiger partial charge in [-0.3, -0.25) is 4.79 Å². The number of carbonyl (C=O) groups is 1. The minimum atomic E-state index is 0.00771. The molecule has 0 saturated carbocycles. The van der Waals surface area contributed by atoms with Gasteiger partial charge in [0.15, 0.2) is 5.78 Å². The number of hydrogen-bond donors (Lipinski definition) is 1. The SMILES string of the molecule is N=C(/C=C\C=C/C(=O)Cc1ccc(Cl)cc1)/C=C/c1ccccc1. The first kappa shape index (κ1) is 17.6. The molecule has 120 valence electrons. The average molecular weight is 336 g/mol. The van der Waals surface area contributed by atoms with Crippen LogP contribution in [0.3, 0.4) is 0 Å². The summed E-state index contributed by atoms with van der Waals surface area (Å²) in [5.41, 5.74) is 2.34. The number of ketones is 1. The first-order valence-corrected chi connectivity index (χ1v) is 7.95. The van der Waals surface area contributed by atoms with Gasteiger partial charge in [-0.2, -0.15) is 0 Å². The summed E-state index contributed by atoms with van der Waals surface area (Å²) < 4.78 is 0. The molecule has 3 heteroatoms. The summed E-state index contributed by atoms with van der Waals surface area (Å²) in [5, 5.41) is 8.48. The van der Waals surface area contributed by atoms with E-state index < -0.39 is 0 Å². The topological polar surface area (TPSA) is 40.9 Å². The molecule has 2 nitrogen and oxygen atoms in total. The molecule has 0 spiro atoms. The lowest BCUT2D eigenvalue weighted by Crippen LogP contribution is -1.97. The second kappa shape index (κ2) is 9.43. The Hall–Kier alpha value is -2.71. The molecule has 0 unspecified atom stereocenters. The normalized spacial score (nSPS) is 11.5. The molecule has 2 rings (SSSR count). The molecule has 0 radical (unpaired) electrons. The molecule has 1 N–H and O–H groups in total. The van der Waals surface area contributed by atoms with Crippen molar-refractivity contribution < 1.29 is 4.79 Å². The van der Waals surface area contributed by atoms with Crippen LogP contribution in [0.2, 0.25) is 5.02 Å². The Bertz CT molecular complexity index is 771. The van der Waals surface area contributed by atoms with Crippen LogP contribution >= 0.6 is 11.6 Å². The highest BCUT2D eigenvalue weighted by molar-refractivity contribution is 6.30. The van der Waals surface area contributed by atoms with Crippen LogP contribution in [-0.2, 0) is 11.2 Å². The number of allylic oxidation sites excluding steroid dienone is 5. The van der Waals surface area contributed by atoms with E-state index in [9.17, 15) is 4.79 Å². The van der Waals surface area contributed by atoms with E-state index in [2.05, 4.69) is 0 Å². The van der Waals surface area contributed by atoms with Crippen molar-refractivity contribution in [3.05, 3.63) is 101 Å². The zero-order chi connectivity index (χ0) is 17.2. The van der Waals surface area contributed by atoms with Gasteiger partial charge in [0.05, 0.1) is 5.71 Å². The van der Waals surface area contributed by atoms with E-state index in [1.54, 1.807) is 36.4 Å². The van der Waals surface area contributed by atoms with Gasteiger partial charge in [-0.15, -0.1) is 0 Å². The molecule has 2 aromatic carbocycles. The molecule has 0 saturated heterocycles. The van der Waals surface area contributed by atoms with Crippen molar-refractivity contribution in [3.63, 3.8) is 0 Å². The molecule has 0 aromatic heterocycles. The van der Waals surface area contributed by atoms with E-state index in [-0.39, 0.29) is 5.78 Å². The van der Waals surface area contributed by atoms with Crippen LogP contribution in [0.25, 0.3) is 6.08 Å². The molecule has 0 atom stereocenters.